The molecule has 4 heteroatoms. The van der Waals surface area contributed by atoms with Crippen molar-refractivity contribution in [3.63, 3.8) is 0 Å². The van der Waals surface area contributed by atoms with Crippen LogP contribution in [0.3, 0.4) is 0 Å². The summed E-state index contributed by atoms with van der Waals surface area (Å²) >= 11 is 0. The average molecular weight is 181 g/mol. The minimum atomic E-state index is -0.385. The molecule has 0 amide bonds. The van der Waals surface area contributed by atoms with E-state index in [0.29, 0.717) is 5.84 Å². The highest BCUT2D eigenvalue weighted by Gasteiger charge is 2.16. The minimum absolute atomic E-state index is 0.385. The van der Waals surface area contributed by atoms with Crippen molar-refractivity contribution in [1.82, 2.24) is 4.72 Å². The summed E-state index contributed by atoms with van der Waals surface area (Å²) in [6, 6.07) is 0. The number of nitrogens with two attached hydrogens (primary N) is 1. The lowest BCUT2D eigenvalue weighted by atomic mass is 10.0. The fourth-order valence-corrected chi connectivity index (χ4v) is 2.16. The second kappa shape index (κ2) is 2.79. The Morgan fingerprint density at radius 2 is 2.25 bits per heavy atom. The van der Waals surface area contributed by atoms with Gasteiger partial charge in [0.15, 0.2) is 0 Å². The van der Waals surface area contributed by atoms with Gasteiger partial charge in [0.25, 0.3) is 0 Å². The number of amidine groups is 1. The normalized spacial score (nSPS) is 27.7. The molecule has 1 heterocycles. The Labute approximate surface area is 74.3 Å². The first-order chi connectivity index (χ1) is 5.77. The fraction of sp³-hybridized carbons (Fsp3) is 0.250. The molecule has 3 nitrogen and oxygen atoms in total. The summed E-state index contributed by atoms with van der Waals surface area (Å²) in [5.74, 6) is 4.44. The van der Waals surface area contributed by atoms with E-state index in [2.05, 4.69) is 27.1 Å². The summed E-state index contributed by atoms with van der Waals surface area (Å²) in [7, 11) is -0.385. The van der Waals surface area contributed by atoms with E-state index in [9.17, 15) is 0 Å². The lowest BCUT2D eigenvalue weighted by Gasteiger charge is -2.22. The quantitative estimate of drug-likeness (QED) is 0.549. The molecular weight excluding hydrogens is 170 g/mol. The smallest absolute Gasteiger partial charge is 0.141 e. The minimum Gasteiger partial charge on any atom is -0.383 e. The molecule has 12 heavy (non-hydrogen) atoms. The van der Waals surface area contributed by atoms with E-state index in [1.165, 1.54) is 0 Å². The number of hydrogen-bond acceptors (Lipinski definition) is 3. The monoisotopic (exact) mass is 181 g/mol. The summed E-state index contributed by atoms with van der Waals surface area (Å²) in [6.45, 7) is 0. The molecule has 1 unspecified atom stereocenters. The number of rotatable bonds is 0. The third-order valence-electron chi connectivity index (χ3n) is 1.87. The van der Waals surface area contributed by atoms with Crippen LogP contribution < -0.4 is 10.5 Å². The van der Waals surface area contributed by atoms with Crippen LogP contribution in [0.1, 0.15) is 12.8 Å². The highest BCUT2D eigenvalue weighted by atomic mass is 32.2. The molecule has 0 bridgehead atoms. The van der Waals surface area contributed by atoms with Gasteiger partial charge in [-0.2, -0.15) is 4.40 Å². The molecule has 0 radical (unpaired) electrons. The van der Waals surface area contributed by atoms with Crippen LogP contribution in [0.25, 0.3) is 0 Å². The first kappa shape index (κ1) is 7.61. The van der Waals surface area contributed by atoms with Gasteiger partial charge in [0.2, 0.25) is 0 Å². The van der Waals surface area contributed by atoms with Gasteiger partial charge in [-0.15, -0.1) is 0 Å². The van der Waals surface area contributed by atoms with Crippen molar-refractivity contribution in [2.24, 2.45) is 10.1 Å². The van der Waals surface area contributed by atoms with Crippen LogP contribution >= 0.6 is 10.9 Å². The zero-order chi connectivity index (χ0) is 8.55. The lowest BCUT2D eigenvalue weighted by Crippen LogP contribution is -2.26. The molecule has 1 aliphatic heterocycles. The van der Waals surface area contributed by atoms with Crippen molar-refractivity contribution in [3.8, 4) is 0 Å². The van der Waals surface area contributed by atoms with Crippen LogP contribution in [0.15, 0.2) is 27.8 Å². The molecule has 0 aromatic rings. The van der Waals surface area contributed by atoms with E-state index in [1.807, 2.05) is 0 Å². The zero-order valence-corrected chi connectivity index (χ0v) is 7.53. The highest BCUT2D eigenvalue weighted by molar-refractivity contribution is 8.11. The molecule has 1 atom stereocenters. The molecule has 0 saturated heterocycles. The number of hydrogen-bond donors (Lipinski definition) is 2. The molecule has 0 saturated carbocycles. The van der Waals surface area contributed by atoms with Crippen LogP contribution in [0.4, 0.5) is 0 Å². The van der Waals surface area contributed by atoms with Gasteiger partial charge in [0.1, 0.15) is 5.84 Å². The van der Waals surface area contributed by atoms with E-state index in [4.69, 9.17) is 5.73 Å². The molecule has 0 spiro atoms. The maximum Gasteiger partial charge on any atom is 0.141 e. The van der Waals surface area contributed by atoms with Crippen molar-refractivity contribution in [2.45, 2.75) is 12.8 Å². The van der Waals surface area contributed by atoms with Crippen molar-refractivity contribution in [3.05, 3.63) is 23.4 Å². The summed E-state index contributed by atoms with van der Waals surface area (Å²) in [5, 5.41) is 0. The van der Waals surface area contributed by atoms with Gasteiger partial charge in [-0.1, -0.05) is 12.2 Å². The molecule has 0 aromatic heterocycles. The SMILES string of the molecule is C=S1N=C(N)C2=CCCC=C2N1. The Bertz CT molecular complexity index is 325. The van der Waals surface area contributed by atoms with Crippen molar-refractivity contribution < 1.29 is 0 Å². The van der Waals surface area contributed by atoms with Gasteiger partial charge in [0, 0.05) is 16.4 Å². The third-order valence-corrected chi connectivity index (χ3v) is 2.74. The standard InChI is InChI=1S/C8H11N3S/c1-12-10-7-5-3-2-4-6(7)8(9)11-12/h4-5,10H,1-3H2,(H2,9,11). The van der Waals surface area contributed by atoms with E-state index >= 15 is 0 Å². The van der Waals surface area contributed by atoms with E-state index < -0.39 is 0 Å². The second-order valence-corrected chi connectivity index (χ2v) is 3.87. The van der Waals surface area contributed by atoms with Crippen LogP contribution in [0.2, 0.25) is 0 Å². The number of nitrogens with zero attached hydrogens (tertiary/aromatic N) is 1. The number of allylic oxidation sites excluding steroid dienone is 2. The maximum absolute atomic E-state index is 5.75. The molecule has 0 aromatic carbocycles. The van der Waals surface area contributed by atoms with Gasteiger partial charge in [-0.05, 0) is 18.7 Å². The van der Waals surface area contributed by atoms with Crippen LogP contribution in [0, 0.1) is 0 Å². The summed E-state index contributed by atoms with van der Waals surface area (Å²) in [4.78, 5) is 0. The molecular formula is C8H11N3S. The van der Waals surface area contributed by atoms with Crippen molar-refractivity contribution in [1.29, 1.82) is 0 Å². The summed E-state index contributed by atoms with van der Waals surface area (Å²) in [6.07, 6.45) is 6.41. The Morgan fingerprint density at radius 1 is 1.50 bits per heavy atom. The largest absolute Gasteiger partial charge is 0.383 e. The molecule has 3 N–H and O–H groups in total. The van der Waals surface area contributed by atoms with E-state index in [1.54, 1.807) is 0 Å². The van der Waals surface area contributed by atoms with Gasteiger partial charge in [-0.3, -0.25) is 0 Å². The van der Waals surface area contributed by atoms with Crippen LogP contribution in [-0.2, 0) is 0 Å². The first-order valence-electron chi connectivity index (χ1n) is 3.83. The Morgan fingerprint density at radius 3 is 3.08 bits per heavy atom. The predicted octanol–water partition coefficient (Wildman–Crippen LogP) is 1.08. The highest BCUT2D eigenvalue weighted by Crippen LogP contribution is 2.26. The predicted molar refractivity (Wildman–Crippen MR) is 54.9 cm³/mol. The molecule has 0 fully saturated rings. The van der Waals surface area contributed by atoms with Crippen molar-refractivity contribution >= 4 is 22.6 Å². The van der Waals surface area contributed by atoms with E-state index in [-0.39, 0.29) is 10.9 Å². The molecule has 2 aliphatic rings. The van der Waals surface area contributed by atoms with Gasteiger partial charge < -0.3 is 10.5 Å². The maximum atomic E-state index is 5.75. The molecule has 64 valence electrons. The Balaban J connectivity index is 2.45. The number of nitrogens with one attached hydrogen (secondary N) is 1. The Hall–Kier alpha value is -1.03. The third kappa shape index (κ3) is 1.18. The van der Waals surface area contributed by atoms with Gasteiger partial charge in [0.05, 0.1) is 5.70 Å². The fourth-order valence-electron chi connectivity index (χ4n) is 1.33. The second-order valence-electron chi connectivity index (χ2n) is 2.76. The number of fused-ring (bicyclic) bond motifs is 1. The van der Waals surface area contributed by atoms with Gasteiger partial charge >= 0.3 is 0 Å². The van der Waals surface area contributed by atoms with Crippen LogP contribution in [-0.4, -0.2) is 11.7 Å². The Kier molecular flexibility index (Phi) is 1.77. The molecule has 2 rings (SSSR count). The lowest BCUT2D eigenvalue weighted by molar-refractivity contribution is 0.980. The van der Waals surface area contributed by atoms with Crippen molar-refractivity contribution in [2.75, 3.05) is 0 Å². The summed E-state index contributed by atoms with van der Waals surface area (Å²) in [5.41, 5.74) is 7.90. The zero-order valence-electron chi connectivity index (χ0n) is 6.71. The first-order valence-corrected chi connectivity index (χ1v) is 5.18. The van der Waals surface area contributed by atoms with E-state index in [0.717, 1.165) is 24.1 Å². The molecule has 1 aliphatic carbocycles. The summed E-state index contributed by atoms with van der Waals surface area (Å²) < 4.78 is 7.35. The van der Waals surface area contributed by atoms with Gasteiger partial charge in [-0.25, -0.2) is 0 Å². The average Bonchev–Trinajstić information content (AvgIpc) is 2.04. The topological polar surface area (TPSA) is 50.4 Å². The van der Waals surface area contributed by atoms with Crippen LogP contribution in [0.5, 0.6) is 0 Å².